The van der Waals surface area contributed by atoms with E-state index in [9.17, 15) is 0 Å². The van der Waals surface area contributed by atoms with E-state index in [-0.39, 0.29) is 15.8 Å². The summed E-state index contributed by atoms with van der Waals surface area (Å²) >= 11 is 2.15. The number of hydrogen-bond donors (Lipinski definition) is 0. The summed E-state index contributed by atoms with van der Waals surface area (Å²) in [4.78, 5) is 0. The Kier molecular flexibility index (Phi) is 3.65. The van der Waals surface area contributed by atoms with Gasteiger partial charge in [0.05, 0.1) is 0 Å². The van der Waals surface area contributed by atoms with Gasteiger partial charge in [-0.25, -0.2) is 0 Å². The summed E-state index contributed by atoms with van der Waals surface area (Å²) in [5, 5.41) is 3.49. The minimum absolute atomic E-state index is 0.187. The van der Waals surface area contributed by atoms with Crippen LogP contribution in [0, 0.1) is 0 Å². The van der Waals surface area contributed by atoms with Gasteiger partial charge in [0.2, 0.25) is 0 Å². The third-order valence-corrected chi connectivity index (χ3v) is 12.0. The molecule has 2 aromatic rings. The van der Waals surface area contributed by atoms with Gasteiger partial charge in [-0.1, -0.05) is 34.0 Å². The van der Waals surface area contributed by atoms with Crippen molar-refractivity contribution in [2.24, 2.45) is 0 Å². The number of rotatable bonds is 2. The largest absolute Gasteiger partial charge is 0.135 e. The maximum absolute atomic E-state index is 2.40. The number of thiophene rings is 1. The van der Waals surface area contributed by atoms with E-state index in [1.807, 2.05) is 9.92 Å². The van der Waals surface area contributed by atoms with Gasteiger partial charge in [-0.05, 0) is 56.4 Å². The molecule has 3 heteroatoms. The molecule has 0 atom stereocenters. The van der Waals surface area contributed by atoms with Gasteiger partial charge >= 0.3 is 0 Å². The average molecular weight is 306 g/mol. The molecule has 3 heterocycles. The van der Waals surface area contributed by atoms with Crippen LogP contribution in [-0.2, 0) is 0 Å². The Balaban J connectivity index is 1.87. The second kappa shape index (κ2) is 5.44. The second-order valence-corrected chi connectivity index (χ2v) is 11.8. The van der Waals surface area contributed by atoms with Gasteiger partial charge in [0, 0.05) is 20.0 Å². The van der Waals surface area contributed by atoms with Crippen LogP contribution < -0.4 is 9.92 Å². The molecular formula is C16H20P2S. The molecule has 0 nitrogen and oxygen atoms in total. The Morgan fingerprint density at radius 2 is 1.42 bits per heavy atom. The summed E-state index contributed by atoms with van der Waals surface area (Å²) in [6.07, 6.45) is 12.0. The second-order valence-electron chi connectivity index (χ2n) is 5.64. The van der Waals surface area contributed by atoms with Crippen LogP contribution >= 0.6 is 27.2 Å². The maximum Gasteiger partial charge on any atom is 0.0367 e. The Labute approximate surface area is 122 Å². The van der Waals surface area contributed by atoms with Crippen LogP contribution in [0.15, 0.2) is 24.3 Å². The van der Waals surface area contributed by atoms with Crippen molar-refractivity contribution in [1.82, 2.24) is 0 Å². The zero-order chi connectivity index (χ0) is 12.7. The number of benzene rings is 1. The summed E-state index contributed by atoms with van der Waals surface area (Å²) in [7, 11) is 0.398. The lowest BCUT2D eigenvalue weighted by Crippen LogP contribution is -2.18. The van der Waals surface area contributed by atoms with Crippen molar-refractivity contribution >= 4 is 47.2 Å². The number of fused-ring (bicyclic) bond motifs is 1. The van der Waals surface area contributed by atoms with Gasteiger partial charge in [0.25, 0.3) is 0 Å². The molecule has 0 saturated carbocycles. The van der Waals surface area contributed by atoms with E-state index in [0.29, 0.717) is 0 Å². The van der Waals surface area contributed by atoms with Crippen molar-refractivity contribution in [3.63, 3.8) is 0 Å². The molecule has 0 unspecified atom stereocenters. The Hall–Kier alpha value is 0.0400. The van der Waals surface area contributed by atoms with Crippen LogP contribution in [0.2, 0.25) is 0 Å². The highest BCUT2D eigenvalue weighted by atomic mass is 32.1. The van der Waals surface area contributed by atoms with Crippen LogP contribution in [0.3, 0.4) is 0 Å². The highest BCUT2D eigenvalue weighted by molar-refractivity contribution is 7.77. The first-order valence-corrected chi connectivity index (χ1v) is 11.7. The summed E-state index contributed by atoms with van der Waals surface area (Å²) in [6.45, 7) is 0. The first kappa shape index (κ1) is 12.8. The van der Waals surface area contributed by atoms with E-state index in [2.05, 4.69) is 35.6 Å². The quantitative estimate of drug-likeness (QED) is 0.705. The fraction of sp³-hybridized carbons (Fsp3) is 0.500. The molecule has 1 aromatic carbocycles. The van der Waals surface area contributed by atoms with Crippen LogP contribution in [0.4, 0.5) is 0 Å². The Morgan fingerprint density at radius 1 is 0.789 bits per heavy atom. The van der Waals surface area contributed by atoms with Gasteiger partial charge in [-0.15, -0.1) is 11.3 Å². The molecule has 0 bridgehead atoms. The fourth-order valence-corrected chi connectivity index (χ4v) is 12.0. The lowest BCUT2D eigenvalue weighted by molar-refractivity contribution is 0.949. The van der Waals surface area contributed by atoms with E-state index in [1.54, 1.807) is 10.1 Å². The third kappa shape index (κ3) is 2.29. The van der Waals surface area contributed by atoms with Gasteiger partial charge in [-0.2, -0.15) is 0 Å². The van der Waals surface area contributed by atoms with Crippen LogP contribution in [0.5, 0.6) is 0 Å². The molecular weight excluding hydrogens is 286 g/mol. The van der Waals surface area contributed by atoms with E-state index in [0.717, 1.165) is 0 Å². The van der Waals surface area contributed by atoms with Gasteiger partial charge < -0.3 is 0 Å². The molecule has 19 heavy (non-hydrogen) atoms. The predicted molar refractivity (Wildman–Crippen MR) is 92.9 cm³/mol. The van der Waals surface area contributed by atoms with Crippen LogP contribution in [-0.4, -0.2) is 24.6 Å². The van der Waals surface area contributed by atoms with Gasteiger partial charge in [0.15, 0.2) is 0 Å². The van der Waals surface area contributed by atoms with Crippen molar-refractivity contribution in [2.45, 2.75) is 25.7 Å². The molecule has 0 N–H and O–H groups in total. The SMILES string of the molecule is c1ccc2c(P3CCCC3)c(P3CCCC3)sc2c1. The molecule has 2 aliphatic heterocycles. The Bertz CT molecular complexity index is 577. The first-order valence-electron chi connectivity index (χ1n) is 7.45. The molecule has 0 amide bonds. The summed E-state index contributed by atoms with van der Waals surface area (Å²) in [5.74, 6) is 0. The molecule has 0 radical (unpaired) electrons. The highest BCUT2D eigenvalue weighted by Gasteiger charge is 2.28. The Morgan fingerprint density at radius 3 is 2.16 bits per heavy atom. The topological polar surface area (TPSA) is 0 Å². The lowest BCUT2D eigenvalue weighted by Gasteiger charge is -2.16. The van der Waals surface area contributed by atoms with Crippen molar-refractivity contribution in [1.29, 1.82) is 0 Å². The van der Waals surface area contributed by atoms with Gasteiger partial charge in [0.1, 0.15) is 0 Å². The molecule has 4 rings (SSSR count). The zero-order valence-corrected chi connectivity index (χ0v) is 13.9. The van der Waals surface area contributed by atoms with E-state index in [1.165, 1.54) is 50.3 Å². The zero-order valence-electron chi connectivity index (χ0n) is 11.3. The third-order valence-electron chi connectivity index (χ3n) is 4.37. The highest BCUT2D eigenvalue weighted by Crippen LogP contribution is 2.51. The van der Waals surface area contributed by atoms with Crippen molar-refractivity contribution < 1.29 is 0 Å². The molecule has 2 aliphatic rings. The molecule has 0 spiro atoms. The van der Waals surface area contributed by atoms with Crippen LogP contribution in [0.25, 0.3) is 10.1 Å². The summed E-state index contributed by atoms with van der Waals surface area (Å²) in [5.41, 5.74) is 0. The monoisotopic (exact) mass is 306 g/mol. The fourth-order valence-electron chi connectivity index (χ4n) is 3.40. The minimum Gasteiger partial charge on any atom is -0.135 e. The first-order chi connectivity index (χ1) is 9.43. The van der Waals surface area contributed by atoms with E-state index >= 15 is 0 Å². The normalized spacial score (nSPS) is 21.7. The average Bonchev–Trinajstić information content (AvgIpc) is 3.17. The molecule has 2 fully saturated rings. The smallest absolute Gasteiger partial charge is 0.0367 e. The van der Waals surface area contributed by atoms with Crippen molar-refractivity contribution in [3.8, 4) is 0 Å². The molecule has 0 aliphatic carbocycles. The standard InChI is InChI=1S/C16H20P2S/c1-2-8-14-13(7-1)15(17-9-3-4-10-17)16(19-14)18-11-5-6-12-18/h1-2,7-8H,3-6,9-12H2. The van der Waals surface area contributed by atoms with E-state index in [4.69, 9.17) is 0 Å². The minimum atomic E-state index is 0.187. The van der Waals surface area contributed by atoms with Crippen molar-refractivity contribution in [2.75, 3.05) is 24.6 Å². The lowest BCUT2D eigenvalue weighted by atomic mass is 10.3. The summed E-state index contributed by atoms with van der Waals surface area (Å²) < 4.78 is 3.43. The molecule has 1 aromatic heterocycles. The van der Waals surface area contributed by atoms with Gasteiger partial charge in [-0.3, -0.25) is 0 Å². The molecule has 100 valence electrons. The van der Waals surface area contributed by atoms with E-state index < -0.39 is 0 Å². The number of hydrogen-bond acceptors (Lipinski definition) is 1. The molecule has 2 saturated heterocycles. The maximum atomic E-state index is 2.40. The van der Waals surface area contributed by atoms with Crippen LogP contribution in [0.1, 0.15) is 25.7 Å². The summed E-state index contributed by atoms with van der Waals surface area (Å²) in [6, 6.07) is 9.21. The van der Waals surface area contributed by atoms with Crippen molar-refractivity contribution in [3.05, 3.63) is 24.3 Å². The predicted octanol–water partition coefficient (Wildman–Crippen LogP) is 4.70.